The molecule has 32 heavy (non-hydrogen) atoms. The molecule has 1 N–H and O–H groups in total. The van der Waals surface area contributed by atoms with E-state index in [-0.39, 0.29) is 6.10 Å². The Morgan fingerprint density at radius 2 is 0.500 bits per heavy atom. The fourth-order valence-electron chi connectivity index (χ4n) is 4.94. The highest BCUT2D eigenvalue weighted by atomic mass is 16.3. The van der Waals surface area contributed by atoms with Crippen molar-refractivity contribution in [1.82, 2.24) is 0 Å². The van der Waals surface area contributed by atoms with Crippen molar-refractivity contribution in [2.24, 2.45) is 0 Å². The zero-order chi connectivity index (χ0) is 23.4. The molecule has 0 aromatic heterocycles. The van der Waals surface area contributed by atoms with Gasteiger partial charge in [0.05, 0.1) is 6.10 Å². The predicted molar refractivity (Wildman–Crippen MR) is 147 cm³/mol. The van der Waals surface area contributed by atoms with Crippen molar-refractivity contribution < 1.29 is 5.11 Å². The van der Waals surface area contributed by atoms with Crippen molar-refractivity contribution >= 4 is 0 Å². The highest BCUT2D eigenvalue weighted by molar-refractivity contribution is 4.58. The minimum atomic E-state index is -0.0320. The summed E-state index contributed by atoms with van der Waals surface area (Å²) in [7, 11) is 0. The van der Waals surface area contributed by atoms with E-state index >= 15 is 0 Å². The van der Waals surface area contributed by atoms with E-state index in [1.165, 1.54) is 167 Å². The lowest BCUT2D eigenvalue weighted by Crippen LogP contribution is -2.05. The standard InChI is InChI=1S/C31H64O/c1-3-5-7-9-11-13-15-17-18-20-22-24-26-28-30-31(32)29-27-25-23-21-19-16-14-12-10-8-6-4-2/h31-32H,3-30H2,1-2H3. The molecule has 1 nitrogen and oxygen atoms in total. The van der Waals surface area contributed by atoms with Crippen LogP contribution in [0.15, 0.2) is 0 Å². The van der Waals surface area contributed by atoms with Gasteiger partial charge < -0.3 is 5.11 Å². The molecule has 0 spiro atoms. The molecule has 1 atom stereocenters. The molecule has 0 aliphatic carbocycles. The van der Waals surface area contributed by atoms with Crippen molar-refractivity contribution in [2.75, 3.05) is 0 Å². The monoisotopic (exact) mass is 452 g/mol. The summed E-state index contributed by atoms with van der Waals surface area (Å²) >= 11 is 0. The first-order valence-corrected chi connectivity index (χ1v) is 15.5. The summed E-state index contributed by atoms with van der Waals surface area (Å²) in [4.78, 5) is 0. The predicted octanol–water partition coefficient (Wildman–Crippen LogP) is 11.3. The van der Waals surface area contributed by atoms with Gasteiger partial charge in [-0.05, 0) is 12.8 Å². The molecule has 0 aliphatic rings. The Hall–Kier alpha value is -0.0400. The molecule has 0 aromatic rings. The lowest BCUT2D eigenvalue weighted by Gasteiger charge is -2.10. The first-order chi connectivity index (χ1) is 15.8. The maximum Gasteiger partial charge on any atom is 0.0540 e. The van der Waals surface area contributed by atoms with Crippen LogP contribution < -0.4 is 0 Å². The molecule has 0 saturated carbocycles. The Labute approximate surface area is 204 Å². The van der Waals surface area contributed by atoms with E-state index < -0.39 is 0 Å². The zero-order valence-corrected chi connectivity index (χ0v) is 22.8. The number of hydrogen-bond acceptors (Lipinski definition) is 1. The number of aliphatic hydroxyl groups is 1. The van der Waals surface area contributed by atoms with E-state index in [0.717, 1.165) is 12.8 Å². The summed E-state index contributed by atoms with van der Waals surface area (Å²) < 4.78 is 0. The minimum Gasteiger partial charge on any atom is -0.393 e. The second-order valence-electron chi connectivity index (χ2n) is 10.7. The van der Waals surface area contributed by atoms with E-state index in [0.29, 0.717) is 0 Å². The maximum absolute atomic E-state index is 10.2. The third kappa shape index (κ3) is 28.0. The molecule has 0 bridgehead atoms. The first kappa shape index (κ1) is 32.0. The number of hydrogen-bond donors (Lipinski definition) is 1. The maximum atomic E-state index is 10.2. The Bertz CT molecular complexity index is 314. The van der Waals surface area contributed by atoms with Crippen LogP contribution >= 0.6 is 0 Å². The van der Waals surface area contributed by atoms with Gasteiger partial charge in [-0.15, -0.1) is 0 Å². The van der Waals surface area contributed by atoms with Gasteiger partial charge in [-0.3, -0.25) is 0 Å². The summed E-state index contributed by atoms with van der Waals surface area (Å²) in [6.07, 6.45) is 38.5. The van der Waals surface area contributed by atoms with Gasteiger partial charge in [0.2, 0.25) is 0 Å². The van der Waals surface area contributed by atoms with E-state index in [2.05, 4.69) is 13.8 Å². The van der Waals surface area contributed by atoms with Gasteiger partial charge in [0.15, 0.2) is 0 Å². The number of aliphatic hydroxyl groups excluding tert-OH is 1. The van der Waals surface area contributed by atoms with Crippen LogP contribution in [-0.2, 0) is 0 Å². The fourth-order valence-corrected chi connectivity index (χ4v) is 4.94. The smallest absolute Gasteiger partial charge is 0.0540 e. The quantitative estimate of drug-likeness (QED) is 0.117. The zero-order valence-electron chi connectivity index (χ0n) is 22.8. The van der Waals surface area contributed by atoms with Gasteiger partial charge in [0.1, 0.15) is 0 Å². The molecule has 0 aromatic carbocycles. The topological polar surface area (TPSA) is 20.2 Å². The fraction of sp³-hybridized carbons (Fsp3) is 1.00. The van der Waals surface area contributed by atoms with Gasteiger partial charge >= 0.3 is 0 Å². The SMILES string of the molecule is CCCCCCCCCCCCCCCCC(O)CCCCCCCCCCCCCC. The van der Waals surface area contributed by atoms with Crippen LogP contribution in [0.5, 0.6) is 0 Å². The van der Waals surface area contributed by atoms with Crippen LogP contribution in [0.4, 0.5) is 0 Å². The molecule has 0 rings (SSSR count). The van der Waals surface area contributed by atoms with Crippen molar-refractivity contribution in [2.45, 2.75) is 200 Å². The van der Waals surface area contributed by atoms with Gasteiger partial charge in [0.25, 0.3) is 0 Å². The Kier molecular flexibility index (Phi) is 29.0. The largest absolute Gasteiger partial charge is 0.393 e. The minimum absolute atomic E-state index is 0.0320. The average molecular weight is 453 g/mol. The summed E-state index contributed by atoms with van der Waals surface area (Å²) in [6.45, 7) is 4.59. The molecule has 0 saturated heterocycles. The second-order valence-corrected chi connectivity index (χ2v) is 10.7. The highest BCUT2D eigenvalue weighted by Crippen LogP contribution is 2.16. The molecule has 0 aliphatic heterocycles. The van der Waals surface area contributed by atoms with Crippen LogP contribution in [0.3, 0.4) is 0 Å². The second kappa shape index (κ2) is 29.0. The average Bonchev–Trinajstić information content (AvgIpc) is 2.80. The molecule has 194 valence electrons. The van der Waals surface area contributed by atoms with E-state index in [1.54, 1.807) is 0 Å². The first-order valence-electron chi connectivity index (χ1n) is 15.5. The Balaban J connectivity index is 3.13. The van der Waals surface area contributed by atoms with Crippen LogP contribution in [0, 0.1) is 0 Å². The summed E-state index contributed by atoms with van der Waals surface area (Å²) in [6, 6.07) is 0. The van der Waals surface area contributed by atoms with Gasteiger partial charge in [0, 0.05) is 0 Å². The van der Waals surface area contributed by atoms with Crippen LogP contribution in [0.2, 0.25) is 0 Å². The molecular weight excluding hydrogens is 388 g/mol. The Morgan fingerprint density at radius 3 is 0.719 bits per heavy atom. The number of unbranched alkanes of at least 4 members (excludes halogenated alkanes) is 24. The number of rotatable bonds is 28. The molecule has 0 radical (unpaired) electrons. The van der Waals surface area contributed by atoms with Crippen LogP contribution in [0.25, 0.3) is 0 Å². The van der Waals surface area contributed by atoms with E-state index in [9.17, 15) is 5.11 Å². The van der Waals surface area contributed by atoms with Gasteiger partial charge in [-0.2, -0.15) is 0 Å². The Morgan fingerprint density at radius 1 is 0.312 bits per heavy atom. The van der Waals surface area contributed by atoms with Gasteiger partial charge in [-0.1, -0.05) is 181 Å². The molecule has 1 unspecified atom stereocenters. The normalized spacial score (nSPS) is 12.5. The van der Waals surface area contributed by atoms with Gasteiger partial charge in [-0.25, -0.2) is 0 Å². The van der Waals surface area contributed by atoms with Crippen molar-refractivity contribution in [3.8, 4) is 0 Å². The van der Waals surface area contributed by atoms with E-state index in [4.69, 9.17) is 0 Å². The lowest BCUT2D eigenvalue weighted by atomic mass is 10.0. The van der Waals surface area contributed by atoms with Crippen LogP contribution in [0.1, 0.15) is 194 Å². The lowest BCUT2D eigenvalue weighted by molar-refractivity contribution is 0.147. The highest BCUT2D eigenvalue weighted by Gasteiger charge is 2.04. The van der Waals surface area contributed by atoms with Crippen molar-refractivity contribution in [3.63, 3.8) is 0 Å². The molecule has 0 fully saturated rings. The third-order valence-corrected chi connectivity index (χ3v) is 7.28. The van der Waals surface area contributed by atoms with Crippen molar-refractivity contribution in [1.29, 1.82) is 0 Å². The molecular formula is C31H64O. The molecule has 0 heterocycles. The summed E-state index contributed by atoms with van der Waals surface area (Å²) in [5.74, 6) is 0. The third-order valence-electron chi connectivity index (χ3n) is 7.28. The molecule has 0 amide bonds. The van der Waals surface area contributed by atoms with Crippen molar-refractivity contribution in [3.05, 3.63) is 0 Å². The summed E-state index contributed by atoms with van der Waals surface area (Å²) in [5.41, 5.74) is 0. The molecule has 1 heteroatoms. The summed E-state index contributed by atoms with van der Waals surface area (Å²) in [5, 5.41) is 10.2. The van der Waals surface area contributed by atoms with E-state index in [1.807, 2.05) is 0 Å². The van der Waals surface area contributed by atoms with Crippen LogP contribution in [-0.4, -0.2) is 11.2 Å².